The van der Waals surface area contributed by atoms with Gasteiger partial charge in [0.15, 0.2) is 0 Å². The minimum Gasteiger partial charge on any atom is -0.226 e. The largest absolute Gasteiger partial charge is 0.226 e. The summed E-state index contributed by atoms with van der Waals surface area (Å²) in [5.41, 5.74) is 6.59. The highest BCUT2D eigenvalue weighted by molar-refractivity contribution is 6.28. The summed E-state index contributed by atoms with van der Waals surface area (Å²) in [7, 11) is 0. The van der Waals surface area contributed by atoms with Gasteiger partial charge in [-0.25, -0.2) is 9.97 Å². The smallest absolute Gasteiger partial charge is 0.222 e. The van der Waals surface area contributed by atoms with Gasteiger partial charge >= 0.3 is 0 Å². The summed E-state index contributed by atoms with van der Waals surface area (Å²) in [4.78, 5) is 8.23. The quantitative estimate of drug-likeness (QED) is 0.418. The average molecular weight is 343 g/mol. The fourth-order valence-corrected chi connectivity index (χ4v) is 2.99. The van der Waals surface area contributed by atoms with Crippen LogP contribution < -0.4 is 0 Å². The van der Waals surface area contributed by atoms with E-state index < -0.39 is 0 Å². The van der Waals surface area contributed by atoms with Crippen molar-refractivity contribution in [2.24, 2.45) is 0 Å². The van der Waals surface area contributed by atoms with Crippen LogP contribution in [0.1, 0.15) is 0 Å². The van der Waals surface area contributed by atoms with E-state index in [1.807, 2.05) is 24.3 Å². The van der Waals surface area contributed by atoms with E-state index in [4.69, 9.17) is 11.6 Å². The summed E-state index contributed by atoms with van der Waals surface area (Å²) in [6, 6.07) is 29.1. The molecule has 0 N–H and O–H groups in total. The number of nitrogens with zero attached hydrogens (tertiary/aromatic N) is 2. The molecule has 0 bridgehead atoms. The lowest BCUT2D eigenvalue weighted by Gasteiger charge is -2.07. The molecular formula is C22H15ClN2. The molecule has 0 radical (unpaired) electrons. The van der Waals surface area contributed by atoms with Gasteiger partial charge in [-0.2, -0.15) is 0 Å². The van der Waals surface area contributed by atoms with Crippen molar-refractivity contribution in [2.45, 2.75) is 0 Å². The predicted molar refractivity (Wildman–Crippen MR) is 103 cm³/mol. The molecule has 4 aromatic rings. The van der Waals surface area contributed by atoms with Crippen LogP contribution >= 0.6 is 11.6 Å². The van der Waals surface area contributed by atoms with Crippen LogP contribution in [0.5, 0.6) is 0 Å². The molecule has 25 heavy (non-hydrogen) atoms. The topological polar surface area (TPSA) is 25.8 Å². The Morgan fingerprint density at radius 2 is 1.16 bits per heavy atom. The molecule has 0 saturated heterocycles. The summed E-state index contributed by atoms with van der Waals surface area (Å²) in [5, 5.41) is 0.259. The Kier molecular flexibility index (Phi) is 4.28. The second kappa shape index (κ2) is 6.88. The molecule has 3 aromatic carbocycles. The van der Waals surface area contributed by atoms with Gasteiger partial charge in [-0.15, -0.1) is 0 Å². The van der Waals surface area contributed by atoms with E-state index in [1.54, 1.807) is 6.20 Å². The Morgan fingerprint density at radius 3 is 1.88 bits per heavy atom. The minimum atomic E-state index is 0.259. The minimum absolute atomic E-state index is 0.259. The van der Waals surface area contributed by atoms with Crippen LogP contribution in [0, 0.1) is 0 Å². The van der Waals surface area contributed by atoms with Crippen LogP contribution in [-0.2, 0) is 0 Å². The number of hydrogen-bond acceptors (Lipinski definition) is 2. The molecule has 120 valence electrons. The zero-order chi connectivity index (χ0) is 17.1. The summed E-state index contributed by atoms with van der Waals surface area (Å²) in [6.45, 7) is 0. The van der Waals surface area contributed by atoms with Gasteiger partial charge in [0.1, 0.15) is 0 Å². The van der Waals surface area contributed by atoms with Gasteiger partial charge < -0.3 is 0 Å². The zero-order valence-electron chi connectivity index (χ0n) is 13.4. The average Bonchev–Trinajstić information content (AvgIpc) is 2.69. The van der Waals surface area contributed by atoms with Crippen molar-refractivity contribution in [3.63, 3.8) is 0 Å². The normalized spacial score (nSPS) is 10.6. The van der Waals surface area contributed by atoms with Crippen LogP contribution in [0.15, 0.2) is 91.1 Å². The molecule has 3 heteroatoms. The first-order chi connectivity index (χ1) is 12.3. The van der Waals surface area contributed by atoms with E-state index >= 15 is 0 Å². The number of benzene rings is 3. The first-order valence-electron chi connectivity index (χ1n) is 8.04. The van der Waals surface area contributed by atoms with E-state index in [0.29, 0.717) is 0 Å². The Bertz CT molecular complexity index is 996. The molecule has 2 nitrogen and oxygen atoms in total. The first kappa shape index (κ1) is 15.6. The second-order valence-corrected chi connectivity index (χ2v) is 6.07. The zero-order valence-corrected chi connectivity index (χ0v) is 14.2. The van der Waals surface area contributed by atoms with Gasteiger partial charge in [-0.3, -0.25) is 0 Å². The van der Waals surface area contributed by atoms with Gasteiger partial charge in [0, 0.05) is 11.8 Å². The fraction of sp³-hybridized carbons (Fsp3) is 0. The van der Waals surface area contributed by atoms with E-state index in [2.05, 4.69) is 70.6 Å². The molecule has 0 spiro atoms. The third kappa shape index (κ3) is 3.44. The highest BCUT2D eigenvalue weighted by Crippen LogP contribution is 2.28. The van der Waals surface area contributed by atoms with Crippen LogP contribution in [0.4, 0.5) is 0 Å². The summed E-state index contributed by atoms with van der Waals surface area (Å²) in [5.74, 6) is 0. The maximum Gasteiger partial charge on any atom is 0.222 e. The maximum atomic E-state index is 5.90. The fourth-order valence-electron chi connectivity index (χ4n) is 2.84. The number of rotatable bonds is 3. The van der Waals surface area contributed by atoms with Crippen molar-refractivity contribution in [3.05, 3.63) is 96.4 Å². The van der Waals surface area contributed by atoms with Crippen molar-refractivity contribution in [2.75, 3.05) is 0 Å². The van der Waals surface area contributed by atoms with E-state index in [-0.39, 0.29) is 5.28 Å². The van der Waals surface area contributed by atoms with Gasteiger partial charge in [0.05, 0.1) is 5.69 Å². The molecule has 0 saturated carbocycles. The lowest BCUT2D eigenvalue weighted by molar-refractivity contribution is 1.17. The molecule has 1 heterocycles. The third-order valence-electron chi connectivity index (χ3n) is 4.11. The predicted octanol–water partition coefficient (Wildman–Crippen LogP) is 6.13. The highest BCUT2D eigenvalue weighted by Gasteiger charge is 2.04. The Hall–Kier alpha value is -2.97. The molecule has 0 unspecified atom stereocenters. The Morgan fingerprint density at radius 1 is 0.560 bits per heavy atom. The van der Waals surface area contributed by atoms with Gasteiger partial charge in [-0.1, -0.05) is 72.8 Å². The van der Waals surface area contributed by atoms with E-state index in [0.717, 1.165) is 16.8 Å². The van der Waals surface area contributed by atoms with Crippen molar-refractivity contribution < 1.29 is 0 Å². The second-order valence-electron chi connectivity index (χ2n) is 5.74. The summed E-state index contributed by atoms with van der Waals surface area (Å²) >= 11 is 5.90. The van der Waals surface area contributed by atoms with Crippen molar-refractivity contribution in [3.8, 4) is 33.5 Å². The van der Waals surface area contributed by atoms with Crippen molar-refractivity contribution in [1.82, 2.24) is 9.97 Å². The van der Waals surface area contributed by atoms with E-state index in [1.165, 1.54) is 16.7 Å². The number of halogens is 1. The third-order valence-corrected chi connectivity index (χ3v) is 4.29. The molecule has 0 aliphatic heterocycles. The Balaban J connectivity index is 1.67. The van der Waals surface area contributed by atoms with Gasteiger partial charge in [-0.05, 0) is 46.0 Å². The highest BCUT2D eigenvalue weighted by atomic mass is 35.5. The monoisotopic (exact) mass is 342 g/mol. The van der Waals surface area contributed by atoms with Crippen LogP contribution in [0.2, 0.25) is 5.28 Å². The molecule has 4 rings (SSSR count). The molecule has 0 fully saturated rings. The summed E-state index contributed by atoms with van der Waals surface area (Å²) in [6.07, 6.45) is 1.67. The Labute approximate surface area is 151 Å². The summed E-state index contributed by atoms with van der Waals surface area (Å²) < 4.78 is 0. The molecule has 0 amide bonds. The molecule has 1 aromatic heterocycles. The van der Waals surface area contributed by atoms with Crippen LogP contribution in [0.3, 0.4) is 0 Å². The maximum absolute atomic E-state index is 5.90. The van der Waals surface area contributed by atoms with E-state index in [9.17, 15) is 0 Å². The van der Waals surface area contributed by atoms with Crippen molar-refractivity contribution in [1.29, 1.82) is 0 Å². The van der Waals surface area contributed by atoms with Gasteiger partial charge in [0.25, 0.3) is 0 Å². The molecular weight excluding hydrogens is 328 g/mol. The lowest BCUT2D eigenvalue weighted by atomic mass is 9.98. The van der Waals surface area contributed by atoms with Gasteiger partial charge in [0.2, 0.25) is 5.28 Å². The van der Waals surface area contributed by atoms with Crippen LogP contribution in [-0.4, -0.2) is 9.97 Å². The number of hydrogen-bond donors (Lipinski definition) is 0. The molecule has 0 aliphatic carbocycles. The van der Waals surface area contributed by atoms with Crippen LogP contribution in [0.25, 0.3) is 33.5 Å². The molecule has 0 atom stereocenters. The standard InChI is InChI=1S/C22H15ClN2/c23-22-24-14-13-21(25-22)20-8-4-7-19(15-20)18-11-9-17(10-12-18)16-5-2-1-3-6-16/h1-15H. The SMILES string of the molecule is Clc1nccc(-c2cccc(-c3ccc(-c4ccccc4)cc3)c2)n1. The lowest BCUT2D eigenvalue weighted by Crippen LogP contribution is -1.87. The number of aromatic nitrogens is 2. The first-order valence-corrected chi connectivity index (χ1v) is 8.42. The molecule has 0 aliphatic rings. The van der Waals surface area contributed by atoms with Crippen molar-refractivity contribution >= 4 is 11.6 Å².